The number of carbonyl (C=O) groups excluding carboxylic acids is 1. The molecule has 3 unspecified atom stereocenters. The summed E-state index contributed by atoms with van der Waals surface area (Å²) >= 11 is 0. The van der Waals surface area contributed by atoms with Crippen LogP contribution in [0.25, 0.3) is 0 Å². The predicted octanol–water partition coefficient (Wildman–Crippen LogP) is 9.02. The summed E-state index contributed by atoms with van der Waals surface area (Å²) in [6, 6.07) is -0.854. The Labute approximate surface area is 277 Å². The summed E-state index contributed by atoms with van der Waals surface area (Å²) in [5.41, 5.74) is 0. The van der Waals surface area contributed by atoms with E-state index in [1.54, 1.807) is 6.08 Å². The van der Waals surface area contributed by atoms with Gasteiger partial charge in [0.15, 0.2) is 0 Å². The number of phosphoric ester groups is 1. The Morgan fingerprint density at radius 3 is 1.73 bits per heavy atom. The molecule has 0 aliphatic carbocycles. The molecule has 1 amide bonds. The van der Waals surface area contributed by atoms with Crippen LogP contribution in [-0.2, 0) is 18.4 Å². The maximum absolute atomic E-state index is 12.7. The zero-order valence-corrected chi connectivity index (χ0v) is 30.8. The van der Waals surface area contributed by atoms with Crippen LogP contribution in [0.5, 0.6) is 0 Å². The number of quaternary nitrogens is 1. The molecule has 0 aromatic carbocycles. The number of carbonyl (C=O) groups is 1. The van der Waals surface area contributed by atoms with Crippen molar-refractivity contribution in [1.82, 2.24) is 5.32 Å². The van der Waals surface area contributed by atoms with Gasteiger partial charge in [0.25, 0.3) is 0 Å². The Morgan fingerprint density at radius 1 is 0.733 bits per heavy atom. The van der Waals surface area contributed by atoms with E-state index in [0.29, 0.717) is 23.9 Å². The second-order valence-electron chi connectivity index (χ2n) is 13.6. The third kappa shape index (κ3) is 31.4. The molecule has 266 valence electrons. The molecular weight excluding hydrogens is 587 g/mol. The number of aliphatic hydroxyl groups is 1. The van der Waals surface area contributed by atoms with Crippen molar-refractivity contribution in [2.45, 2.75) is 161 Å². The van der Waals surface area contributed by atoms with Gasteiger partial charge in [-0.05, 0) is 38.5 Å². The number of likely N-dealkylation sites (N-methyl/N-ethyl adjacent to an activating group) is 1. The molecule has 3 N–H and O–H groups in total. The quantitative estimate of drug-likeness (QED) is 0.0288. The van der Waals surface area contributed by atoms with E-state index in [0.717, 1.165) is 32.1 Å². The fourth-order valence-corrected chi connectivity index (χ4v) is 5.66. The maximum atomic E-state index is 12.7. The highest BCUT2D eigenvalue weighted by atomic mass is 31.2. The van der Waals surface area contributed by atoms with Crippen molar-refractivity contribution in [3.63, 3.8) is 0 Å². The average molecular weight is 660 g/mol. The first-order valence-electron chi connectivity index (χ1n) is 18.2. The number of rotatable bonds is 32. The van der Waals surface area contributed by atoms with Gasteiger partial charge in [0.05, 0.1) is 39.9 Å². The minimum Gasteiger partial charge on any atom is -0.387 e. The van der Waals surface area contributed by atoms with Gasteiger partial charge in [-0.3, -0.25) is 13.8 Å². The largest absolute Gasteiger partial charge is 0.472 e. The van der Waals surface area contributed by atoms with Crippen molar-refractivity contribution >= 4 is 13.7 Å². The highest BCUT2D eigenvalue weighted by molar-refractivity contribution is 7.47. The minimum absolute atomic E-state index is 0.0575. The topological polar surface area (TPSA) is 105 Å². The number of nitrogens with one attached hydrogen (secondary N) is 1. The Hall–Kier alpha value is -1.02. The number of phosphoric acid groups is 1. The molecule has 0 spiro atoms. The molecule has 0 radical (unpaired) electrons. The number of unbranched alkanes of at least 4 members (excludes halogenated alkanes) is 17. The van der Waals surface area contributed by atoms with Crippen molar-refractivity contribution in [3.05, 3.63) is 24.3 Å². The molecular formula is C36H72N2O6P+. The van der Waals surface area contributed by atoms with Gasteiger partial charge >= 0.3 is 7.82 Å². The first kappa shape index (κ1) is 44.0. The van der Waals surface area contributed by atoms with Crippen LogP contribution in [0, 0.1) is 0 Å². The van der Waals surface area contributed by atoms with Crippen LogP contribution in [0.3, 0.4) is 0 Å². The van der Waals surface area contributed by atoms with Gasteiger partial charge in [-0.1, -0.05) is 128 Å². The van der Waals surface area contributed by atoms with Crippen LogP contribution in [0.1, 0.15) is 149 Å². The molecule has 0 bridgehead atoms. The van der Waals surface area contributed by atoms with Gasteiger partial charge in [-0.15, -0.1) is 0 Å². The highest BCUT2D eigenvalue weighted by Gasteiger charge is 2.27. The molecule has 0 saturated heterocycles. The summed E-state index contributed by atoms with van der Waals surface area (Å²) in [5, 5.41) is 13.7. The van der Waals surface area contributed by atoms with Crippen LogP contribution < -0.4 is 5.32 Å². The van der Waals surface area contributed by atoms with E-state index in [1.807, 2.05) is 27.2 Å². The maximum Gasteiger partial charge on any atom is 0.472 e. The lowest BCUT2D eigenvalue weighted by Crippen LogP contribution is -2.45. The molecule has 45 heavy (non-hydrogen) atoms. The molecule has 0 heterocycles. The van der Waals surface area contributed by atoms with Gasteiger partial charge in [-0.25, -0.2) is 4.57 Å². The van der Waals surface area contributed by atoms with Gasteiger partial charge in [-0.2, -0.15) is 0 Å². The van der Waals surface area contributed by atoms with Gasteiger partial charge in [0, 0.05) is 6.42 Å². The van der Waals surface area contributed by atoms with E-state index in [9.17, 15) is 19.4 Å². The van der Waals surface area contributed by atoms with Gasteiger partial charge < -0.3 is 19.8 Å². The lowest BCUT2D eigenvalue weighted by atomic mass is 10.0. The molecule has 0 saturated carbocycles. The zero-order valence-electron chi connectivity index (χ0n) is 29.9. The zero-order chi connectivity index (χ0) is 33.7. The van der Waals surface area contributed by atoms with Crippen LogP contribution in [-0.4, -0.2) is 73.4 Å². The summed E-state index contributed by atoms with van der Waals surface area (Å²) in [4.78, 5) is 22.8. The van der Waals surface area contributed by atoms with Crippen LogP contribution in [0.4, 0.5) is 0 Å². The third-order valence-corrected chi connectivity index (χ3v) is 8.90. The SMILES string of the molecule is CCCCCC/C=C\CCCC(=O)NC(COP(=O)(O)OCC[N+](C)(C)C)C(O)/C=C/CCCCCCCCCCCCCC. The molecule has 9 heteroatoms. The molecule has 0 aromatic rings. The number of allylic oxidation sites excluding steroid dienone is 3. The molecule has 0 fully saturated rings. The summed E-state index contributed by atoms with van der Waals surface area (Å²) in [6.45, 7) is 4.72. The average Bonchev–Trinajstić information content (AvgIpc) is 2.97. The number of amides is 1. The first-order valence-corrected chi connectivity index (χ1v) is 19.7. The monoisotopic (exact) mass is 660 g/mol. The fourth-order valence-electron chi connectivity index (χ4n) is 4.92. The molecule has 0 rings (SSSR count). The van der Waals surface area contributed by atoms with Crippen molar-refractivity contribution < 1.29 is 32.9 Å². The van der Waals surface area contributed by atoms with E-state index in [-0.39, 0.29) is 19.1 Å². The third-order valence-electron chi connectivity index (χ3n) is 7.92. The number of aliphatic hydroxyl groups excluding tert-OH is 1. The lowest BCUT2D eigenvalue weighted by Gasteiger charge is -2.25. The second-order valence-corrected chi connectivity index (χ2v) is 15.0. The van der Waals surface area contributed by atoms with Crippen molar-refractivity contribution in [2.75, 3.05) is 40.9 Å². The van der Waals surface area contributed by atoms with Crippen LogP contribution in [0.2, 0.25) is 0 Å². The first-order chi connectivity index (χ1) is 21.5. The summed E-state index contributed by atoms with van der Waals surface area (Å²) in [7, 11) is 1.55. The van der Waals surface area contributed by atoms with Crippen molar-refractivity contribution in [1.29, 1.82) is 0 Å². The van der Waals surface area contributed by atoms with Crippen molar-refractivity contribution in [2.24, 2.45) is 0 Å². The van der Waals surface area contributed by atoms with Gasteiger partial charge in [0.2, 0.25) is 5.91 Å². The molecule has 3 atom stereocenters. The minimum atomic E-state index is -4.33. The Bertz CT molecular complexity index is 799. The predicted molar refractivity (Wildman–Crippen MR) is 189 cm³/mol. The lowest BCUT2D eigenvalue weighted by molar-refractivity contribution is -0.870. The Balaban J connectivity index is 4.60. The normalized spacial score (nSPS) is 15.1. The van der Waals surface area contributed by atoms with Crippen molar-refractivity contribution in [3.8, 4) is 0 Å². The Morgan fingerprint density at radius 2 is 1.20 bits per heavy atom. The van der Waals surface area contributed by atoms with E-state index >= 15 is 0 Å². The van der Waals surface area contributed by atoms with Gasteiger partial charge in [0.1, 0.15) is 13.2 Å². The number of hydrogen-bond donors (Lipinski definition) is 3. The standard InChI is InChI=1S/C36H71N2O6P/c1-6-8-10-12-14-16-17-18-19-20-22-23-25-27-29-35(39)34(33-44-45(41,42)43-32-31-38(3,4)5)37-36(40)30-28-26-24-21-15-13-11-9-7-2/h21,24,27,29,34-35,39H,6-20,22-23,25-26,28,30-33H2,1-5H3,(H-,37,40,41,42)/p+1/b24-21-,29-27+. The fraction of sp³-hybridized carbons (Fsp3) is 0.861. The molecule has 0 aliphatic heterocycles. The summed E-state index contributed by atoms with van der Waals surface area (Å²) < 4.78 is 23.4. The molecule has 0 aliphatic rings. The summed E-state index contributed by atoms with van der Waals surface area (Å²) in [5.74, 6) is -0.216. The molecule has 8 nitrogen and oxygen atoms in total. The smallest absolute Gasteiger partial charge is 0.387 e. The van der Waals surface area contributed by atoms with Crippen LogP contribution in [0.15, 0.2) is 24.3 Å². The molecule has 0 aromatic heterocycles. The number of hydrogen-bond acceptors (Lipinski definition) is 5. The van der Waals surface area contributed by atoms with E-state index in [1.165, 1.54) is 89.9 Å². The van der Waals surface area contributed by atoms with E-state index < -0.39 is 20.0 Å². The summed E-state index contributed by atoms with van der Waals surface area (Å²) in [6.07, 6.45) is 31.1. The number of nitrogens with zero attached hydrogens (tertiary/aromatic N) is 1. The van der Waals surface area contributed by atoms with E-state index in [2.05, 4.69) is 31.3 Å². The Kier molecular flexibility index (Phi) is 28.5. The second kappa shape index (κ2) is 29.1. The van der Waals surface area contributed by atoms with Crippen LogP contribution >= 0.6 is 7.82 Å². The highest BCUT2D eigenvalue weighted by Crippen LogP contribution is 2.43. The van der Waals surface area contributed by atoms with E-state index in [4.69, 9.17) is 9.05 Å².